The lowest BCUT2D eigenvalue weighted by atomic mass is 10.1. The van der Waals surface area contributed by atoms with E-state index in [1.807, 2.05) is 6.92 Å². The number of hydrogen-bond donors (Lipinski definition) is 2. The quantitative estimate of drug-likeness (QED) is 0.702. The number of carboxylic acids is 1. The number of amides is 1. The second-order valence-corrected chi connectivity index (χ2v) is 4.07. The normalized spacial score (nSPS) is 11.7. The summed E-state index contributed by atoms with van der Waals surface area (Å²) in [6, 6.07) is 5.72. The Labute approximate surface area is 117 Å². The van der Waals surface area contributed by atoms with E-state index in [-0.39, 0.29) is 0 Å². The van der Waals surface area contributed by atoms with Crippen LogP contribution < -0.4 is 10.1 Å². The molecule has 0 aromatic heterocycles. The number of benzene rings is 1. The van der Waals surface area contributed by atoms with Crippen molar-refractivity contribution in [3.63, 3.8) is 0 Å². The van der Waals surface area contributed by atoms with E-state index < -0.39 is 17.9 Å². The van der Waals surface area contributed by atoms with Gasteiger partial charge in [0.1, 0.15) is 18.4 Å². The standard InChI is InChI=1S/C14H19NO5/c1-3-19-8-9-20-12-7-5-4-6-11(12)13(16)15-10(2)14(17)18/h4-7,10H,3,8-9H2,1-2H3,(H,15,16)(H,17,18)/t10-/m1/s1. The van der Waals surface area contributed by atoms with Crippen LogP contribution in [0.5, 0.6) is 5.75 Å². The number of nitrogens with one attached hydrogen (secondary N) is 1. The van der Waals surface area contributed by atoms with E-state index in [0.29, 0.717) is 31.1 Å². The van der Waals surface area contributed by atoms with Crippen molar-refractivity contribution in [2.24, 2.45) is 0 Å². The number of aliphatic carboxylic acids is 1. The molecule has 0 fully saturated rings. The van der Waals surface area contributed by atoms with E-state index in [1.54, 1.807) is 24.3 Å². The minimum Gasteiger partial charge on any atom is -0.490 e. The fraction of sp³-hybridized carbons (Fsp3) is 0.429. The van der Waals surface area contributed by atoms with Crippen molar-refractivity contribution >= 4 is 11.9 Å². The largest absolute Gasteiger partial charge is 0.490 e. The van der Waals surface area contributed by atoms with Crippen molar-refractivity contribution in [3.05, 3.63) is 29.8 Å². The first-order chi connectivity index (χ1) is 9.56. The first kappa shape index (κ1) is 16.0. The highest BCUT2D eigenvalue weighted by molar-refractivity contribution is 5.98. The Kier molecular flexibility index (Phi) is 6.52. The maximum Gasteiger partial charge on any atom is 0.325 e. The van der Waals surface area contributed by atoms with E-state index >= 15 is 0 Å². The van der Waals surface area contributed by atoms with Crippen molar-refractivity contribution in [3.8, 4) is 5.75 Å². The Morgan fingerprint density at radius 2 is 2.00 bits per heavy atom. The second-order valence-electron chi connectivity index (χ2n) is 4.07. The predicted octanol–water partition coefficient (Wildman–Crippen LogP) is 1.30. The third-order valence-electron chi connectivity index (χ3n) is 2.54. The topological polar surface area (TPSA) is 84.9 Å². The van der Waals surface area contributed by atoms with Gasteiger partial charge in [0, 0.05) is 6.61 Å². The molecule has 6 nitrogen and oxygen atoms in total. The van der Waals surface area contributed by atoms with Crippen molar-refractivity contribution in [1.82, 2.24) is 5.32 Å². The Balaban J connectivity index is 2.69. The van der Waals surface area contributed by atoms with Gasteiger partial charge in [0.15, 0.2) is 0 Å². The third-order valence-corrected chi connectivity index (χ3v) is 2.54. The molecule has 0 bridgehead atoms. The van der Waals surface area contributed by atoms with Gasteiger partial charge < -0.3 is 19.9 Å². The molecule has 0 aliphatic carbocycles. The van der Waals surface area contributed by atoms with Crippen molar-refractivity contribution in [2.45, 2.75) is 19.9 Å². The molecule has 2 N–H and O–H groups in total. The maximum absolute atomic E-state index is 12.0. The molecule has 0 heterocycles. The Bertz CT molecular complexity index is 461. The molecular weight excluding hydrogens is 262 g/mol. The van der Waals surface area contributed by atoms with E-state index in [0.717, 1.165) is 0 Å². The molecule has 0 aliphatic rings. The van der Waals surface area contributed by atoms with Crippen LogP contribution in [0.3, 0.4) is 0 Å². The molecule has 1 rings (SSSR count). The van der Waals surface area contributed by atoms with Gasteiger partial charge in [0.2, 0.25) is 0 Å². The fourth-order valence-corrected chi connectivity index (χ4v) is 1.47. The summed E-state index contributed by atoms with van der Waals surface area (Å²) >= 11 is 0. The zero-order valence-electron chi connectivity index (χ0n) is 11.6. The van der Waals surface area contributed by atoms with Gasteiger partial charge in [-0.15, -0.1) is 0 Å². The van der Waals surface area contributed by atoms with E-state index in [9.17, 15) is 9.59 Å². The zero-order valence-corrected chi connectivity index (χ0v) is 11.6. The van der Waals surface area contributed by atoms with Gasteiger partial charge in [-0.3, -0.25) is 9.59 Å². The number of carbonyl (C=O) groups is 2. The molecule has 0 unspecified atom stereocenters. The van der Waals surface area contributed by atoms with E-state index in [4.69, 9.17) is 14.6 Å². The highest BCUT2D eigenvalue weighted by atomic mass is 16.5. The number of para-hydroxylation sites is 1. The number of ether oxygens (including phenoxy) is 2. The van der Waals surface area contributed by atoms with Crippen molar-refractivity contribution in [2.75, 3.05) is 19.8 Å². The van der Waals surface area contributed by atoms with Crippen molar-refractivity contribution in [1.29, 1.82) is 0 Å². The number of carboxylic acid groups (broad SMARTS) is 1. The number of hydrogen-bond acceptors (Lipinski definition) is 4. The van der Waals surface area contributed by atoms with Crippen LogP contribution in [0.15, 0.2) is 24.3 Å². The number of carbonyl (C=O) groups excluding carboxylic acids is 1. The second kappa shape index (κ2) is 8.16. The van der Waals surface area contributed by atoms with Gasteiger partial charge in [-0.2, -0.15) is 0 Å². The molecule has 0 spiro atoms. The van der Waals surface area contributed by atoms with Crippen LogP contribution in [-0.4, -0.2) is 42.8 Å². The molecule has 1 amide bonds. The summed E-state index contributed by atoms with van der Waals surface area (Å²) < 4.78 is 10.6. The molecule has 1 aromatic rings. The summed E-state index contributed by atoms with van der Waals surface area (Å²) in [7, 11) is 0. The van der Waals surface area contributed by atoms with E-state index in [2.05, 4.69) is 5.32 Å². The molecular formula is C14H19NO5. The molecule has 110 valence electrons. The van der Waals surface area contributed by atoms with Crippen LogP contribution in [0.1, 0.15) is 24.2 Å². The first-order valence-corrected chi connectivity index (χ1v) is 6.39. The molecule has 0 radical (unpaired) electrons. The SMILES string of the molecule is CCOCCOc1ccccc1C(=O)N[C@H](C)C(=O)O. The molecule has 0 saturated carbocycles. The molecule has 0 aliphatic heterocycles. The predicted molar refractivity (Wildman–Crippen MR) is 73.0 cm³/mol. The molecule has 0 saturated heterocycles. The van der Waals surface area contributed by atoms with Crippen LogP contribution >= 0.6 is 0 Å². The fourth-order valence-electron chi connectivity index (χ4n) is 1.47. The maximum atomic E-state index is 12.0. The summed E-state index contributed by atoms with van der Waals surface area (Å²) in [6.07, 6.45) is 0. The van der Waals surface area contributed by atoms with Crippen LogP contribution in [0.25, 0.3) is 0 Å². The zero-order chi connectivity index (χ0) is 15.0. The highest BCUT2D eigenvalue weighted by Crippen LogP contribution is 2.17. The monoisotopic (exact) mass is 281 g/mol. The molecule has 1 aromatic carbocycles. The van der Waals surface area contributed by atoms with Crippen LogP contribution in [0, 0.1) is 0 Å². The average Bonchev–Trinajstić information content (AvgIpc) is 2.43. The van der Waals surface area contributed by atoms with Gasteiger partial charge in [0.05, 0.1) is 12.2 Å². The lowest BCUT2D eigenvalue weighted by Gasteiger charge is -2.13. The summed E-state index contributed by atoms with van der Waals surface area (Å²) in [6.45, 7) is 4.64. The van der Waals surface area contributed by atoms with Crippen molar-refractivity contribution < 1.29 is 24.2 Å². The van der Waals surface area contributed by atoms with Gasteiger partial charge in [-0.1, -0.05) is 12.1 Å². The summed E-state index contributed by atoms with van der Waals surface area (Å²) in [5.41, 5.74) is 0.303. The highest BCUT2D eigenvalue weighted by Gasteiger charge is 2.18. The minimum absolute atomic E-state index is 0.303. The van der Waals surface area contributed by atoms with Crippen LogP contribution in [-0.2, 0) is 9.53 Å². The van der Waals surface area contributed by atoms with Gasteiger partial charge in [0.25, 0.3) is 5.91 Å². The van der Waals surface area contributed by atoms with E-state index in [1.165, 1.54) is 6.92 Å². The minimum atomic E-state index is -1.09. The summed E-state index contributed by atoms with van der Waals surface area (Å²) in [4.78, 5) is 22.7. The Hall–Kier alpha value is -2.08. The summed E-state index contributed by atoms with van der Waals surface area (Å²) in [5.74, 6) is -1.16. The average molecular weight is 281 g/mol. The van der Waals surface area contributed by atoms with Gasteiger partial charge in [-0.25, -0.2) is 0 Å². The Morgan fingerprint density at radius 1 is 1.30 bits per heavy atom. The number of rotatable bonds is 8. The molecule has 6 heteroatoms. The molecule has 20 heavy (non-hydrogen) atoms. The lowest BCUT2D eigenvalue weighted by molar-refractivity contribution is -0.138. The first-order valence-electron chi connectivity index (χ1n) is 6.39. The smallest absolute Gasteiger partial charge is 0.325 e. The summed E-state index contributed by atoms with van der Waals surface area (Å²) in [5, 5.41) is 11.2. The third kappa shape index (κ3) is 4.89. The lowest BCUT2D eigenvalue weighted by Crippen LogP contribution is -2.38. The van der Waals surface area contributed by atoms with Gasteiger partial charge >= 0.3 is 5.97 Å². The van der Waals surface area contributed by atoms with Crippen LogP contribution in [0.4, 0.5) is 0 Å². The van der Waals surface area contributed by atoms with Gasteiger partial charge in [-0.05, 0) is 26.0 Å². The Morgan fingerprint density at radius 3 is 2.65 bits per heavy atom. The van der Waals surface area contributed by atoms with Crippen LogP contribution in [0.2, 0.25) is 0 Å². The molecule has 1 atom stereocenters.